The Morgan fingerprint density at radius 1 is 1.45 bits per heavy atom. The van der Waals surface area contributed by atoms with Gasteiger partial charge in [-0.05, 0) is 37.5 Å². The average molecular weight is 288 g/mol. The second-order valence-corrected chi connectivity index (χ2v) is 5.43. The van der Waals surface area contributed by atoms with Crippen molar-refractivity contribution in [2.75, 3.05) is 0 Å². The van der Waals surface area contributed by atoms with E-state index >= 15 is 0 Å². The summed E-state index contributed by atoms with van der Waals surface area (Å²) in [6, 6.07) is 7.91. The molecule has 1 aliphatic rings. The van der Waals surface area contributed by atoms with Crippen molar-refractivity contribution in [3.63, 3.8) is 0 Å². The fourth-order valence-electron chi connectivity index (χ4n) is 1.96. The van der Waals surface area contributed by atoms with Gasteiger partial charge in [0.2, 0.25) is 5.91 Å². The highest BCUT2D eigenvalue weighted by Crippen LogP contribution is 2.28. The number of carbonyl (C=O) groups is 1. The van der Waals surface area contributed by atoms with Gasteiger partial charge in [-0.3, -0.25) is 4.79 Å². The fourth-order valence-corrected chi connectivity index (χ4v) is 2.16. The van der Waals surface area contributed by atoms with Crippen molar-refractivity contribution in [1.29, 1.82) is 0 Å². The number of aryl methyl sites for hydroxylation is 1. The van der Waals surface area contributed by atoms with E-state index in [1.165, 1.54) is 6.21 Å². The van der Waals surface area contributed by atoms with Gasteiger partial charge in [0.25, 0.3) is 0 Å². The number of amides is 1. The van der Waals surface area contributed by atoms with Crippen LogP contribution in [0.4, 0.5) is 0 Å². The predicted molar refractivity (Wildman–Crippen MR) is 80.0 cm³/mol. The van der Waals surface area contributed by atoms with Gasteiger partial charge >= 0.3 is 0 Å². The number of hydrazone groups is 1. The normalized spacial score (nSPS) is 14.9. The number of pyridine rings is 1. The van der Waals surface area contributed by atoms with Crippen LogP contribution in [0.2, 0.25) is 5.15 Å². The summed E-state index contributed by atoms with van der Waals surface area (Å²) in [6.45, 7) is 2.01. The van der Waals surface area contributed by atoms with Crippen molar-refractivity contribution in [1.82, 2.24) is 10.4 Å². The Morgan fingerprint density at radius 2 is 2.25 bits per heavy atom. The average Bonchev–Trinajstić information content (AvgIpc) is 3.23. The Morgan fingerprint density at radius 3 is 3.00 bits per heavy atom. The molecule has 3 rings (SSSR count). The minimum atomic E-state index is -0.0262. The monoisotopic (exact) mass is 287 g/mol. The summed E-state index contributed by atoms with van der Waals surface area (Å²) in [5.74, 6) is 0.113. The summed E-state index contributed by atoms with van der Waals surface area (Å²) in [5.41, 5.74) is 5.21. The van der Waals surface area contributed by atoms with Gasteiger partial charge in [0.05, 0.1) is 11.7 Å². The molecule has 2 aromatic rings. The molecule has 1 aromatic carbocycles. The number of rotatable bonds is 3. The molecular weight excluding hydrogens is 274 g/mol. The lowest BCUT2D eigenvalue weighted by molar-refractivity contribution is -0.122. The van der Waals surface area contributed by atoms with Gasteiger partial charge in [-0.15, -0.1) is 0 Å². The number of halogens is 1. The molecule has 4 nitrogen and oxygen atoms in total. The smallest absolute Gasteiger partial charge is 0.243 e. The Bertz CT molecular complexity index is 708. The van der Waals surface area contributed by atoms with Crippen LogP contribution in [-0.2, 0) is 4.79 Å². The maximum absolute atomic E-state index is 11.5. The molecule has 1 aromatic heterocycles. The van der Waals surface area contributed by atoms with E-state index in [9.17, 15) is 4.79 Å². The number of aromatic nitrogens is 1. The van der Waals surface area contributed by atoms with Gasteiger partial charge in [-0.25, -0.2) is 10.4 Å². The molecule has 1 heterocycles. The van der Waals surface area contributed by atoms with Gasteiger partial charge in [0, 0.05) is 16.9 Å². The van der Waals surface area contributed by atoms with E-state index in [-0.39, 0.29) is 11.8 Å². The number of nitrogens with one attached hydrogen (secondary N) is 1. The number of carbonyl (C=O) groups excluding carboxylic acids is 1. The summed E-state index contributed by atoms with van der Waals surface area (Å²) >= 11 is 6.13. The Labute approximate surface area is 121 Å². The van der Waals surface area contributed by atoms with Gasteiger partial charge in [0.1, 0.15) is 5.15 Å². The first-order chi connectivity index (χ1) is 9.63. The van der Waals surface area contributed by atoms with Crippen LogP contribution in [0.3, 0.4) is 0 Å². The molecular formula is C15H14ClN3O. The van der Waals surface area contributed by atoms with E-state index in [2.05, 4.69) is 15.5 Å². The van der Waals surface area contributed by atoms with Gasteiger partial charge in [-0.2, -0.15) is 5.10 Å². The van der Waals surface area contributed by atoms with Crippen LogP contribution < -0.4 is 5.43 Å². The molecule has 0 atom stereocenters. The zero-order valence-corrected chi connectivity index (χ0v) is 11.8. The van der Waals surface area contributed by atoms with Crippen LogP contribution in [0.15, 0.2) is 29.4 Å². The molecule has 0 bridgehead atoms. The number of hydrogen-bond donors (Lipinski definition) is 1. The SMILES string of the molecule is Cc1ccc2cc(/C=N\NC(=O)C3CC3)c(Cl)nc2c1. The summed E-state index contributed by atoms with van der Waals surface area (Å²) in [7, 11) is 0. The second kappa shape index (κ2) is 5.21. The minimum absolute atomic E-state index is 0.0262. The summed E-state index contributed by atoms with van der Waals surface area (Å²) in [4.78, 5) is 15.8. The number of hydrogen-bond acceptors (Lipinski definition) is 3. The molecule has 0 radical (unpaired) electrons. The molecule has 102 valence electrons. The molecule has 1 N–H and O–H groups in total. The summed E-state index contributed by atoms with van der Waals surface area (Å²) < 4.78 is 0. The van der Waals surface area contributed by atoms with Crippen molar-refractivity contribution in [3.8, 4) is 0 Å². The third-order valence-electron chi connectivity index (χ3n) is 3.28. The molecule has 0 unspecified atom stereocenters. The van der Waals surface area contributed by atoms with Crippen LogP contribution in [0.1, 0.15) is 24.0 Å². The summed E-state index contributed by atoms with van der Waals surface area (Å²) in [6.07, 6.45) is 3.45. The zero-order valence-electron chi connectivity index (χ0n) is 11.1. The Kier molecular flexibility index (Phi) is 3.40. The van der Waals surface area contributed by atoms with Crippen molar-refractivity contribution >= 4 is 34.6 Å². The highest BCUT2D eigenvalue weighted by atomic mass is 35.5. The molecule has 1 fully saturated rings. The van der Waals surface area contributed by atoms with E-state index in [1.54, 1.807) is 0 Å². The van der Waals surface area contributed by atoms with Crippen LogP contribution in [-0.4, -0.2) is 17.1 Å². The van der Waals surface area contributed by atoms with E-state index in [0.717, 1.165) is 29.3 Å². The van der Waals surface area contributed by atoms with Crippen molar-refractivity contribution in [3.05, 3.63) is 40.5 Å². The molecule has 1 amide bonds. The molecule has 1 saturated carbocycles. The van der Waals surface area contributed by atoms with Crippen LogP contribution in [0.25, 0.3) is 10.9 Å². The lowest BCUT2D eigenvalue weighted by Gasteiger charge is -2.03. The lowest BCUT2D eigenvalue weighted by atomic mass is 10.1. The highest BCUT2D eigenvalue weighted by molar-refractivity contribution is 6.32. The van der Waals surface area contributed by atoms with Crippen LogP contribution in [0, 0.1) is 12.8 Å². The van der Waals surface area contributed by atoms with E-state index in [0.29, 0.717) is 10.7 Å². The maximum Gasteiger partial charge on any atom is 0.243 e. The second-order valence-electron chi connectivity index (χ2n) is 5.07. The lowest BCUT2D eigenvalue weighted by Crippen LogP contribution is -2.19. The van der Waals surface area contributed by atoms with Gasteiger partial charge < -0.3 is 0 Å². The molecule has 5 heteroatoms. The Hall–Kier alpha value is -1.94. The number of fused-ring (bicyclic) bond motifs is 1. The molecule has 0 spiro atoms. The van der Waals surface area contributed by atoms with E-state index < -0.39 is 0 Å². The molecule has 20 heavy (non-hydrogen) atoms. The number of benzene rings is 1. The maximum atomic E-state index is 11.5. The van der Waals surface area contributed by atoms with Crippen molar-refractivity contribution in [2.24, 2.45) is 11.0 Å². The Balaban J connectivity index is 1.83. The largest absolute Gasteiger partial charge is 0.273 e. The number of nitrogens with zero attached hydrogens (tertiary/aromatic N) is 2. The van der Waals surface area contributed by atoms with E-state index in [1.807, 2.05) is 31.2 Å². The molecule has 0 aliphatic heterocycles. The third-order valence-corrected chi connectivity index (χ3v) is 3.58. The van der Waals surface area contributed by atoms with Crippen molar-refractivity contribution in [2.45, 2.75) is 19.8 Å². The van der Waals surface area contributed by atoms with Crippen molar-refractivity contribution < 1.29 is 4.79 Å². The predicted octanol–water partition coefficient (Wildman–Crippen LogP) is 3.06. The first-order valence-electron chi connectivity index (χ1n) is 6.53. The molecule has 1 aliphatic carbocycles. The first-order valence-corrected chi connectivity index (χ1v) is 6.91. The quantitative estimate of drug-likeness (QED) is 0.536. The van der Waals surface area contributed by atoms with Crippen LogP contribution >= 0.6 is 11.6 Å². The topological polar surface area (TPSA) is 54.4 Å². The highest BCUT2D eigenvalue weighted by Gasteiger charge is 2.29. The third kappa shape index (κ3) is 2.80. The standard InChI is InChI=1S/C15H14ClN3O/c1-9-2-3-11-7-12(14(16)18-13(11)6-9)8-17-19-15(20)10-4-5-10/h2-3,6-8,10H,4-5H2,1H3,(H,19,20)/b17-8-. The summed E-state index contributed by atoms with van der Waals surface area (Å²) in [5, 5.41) is 5.32. The van der Waals surface area contributed by atoms with Gasteiger partial charge in [0.15, 0.2) is 0 Å². The minimum Gasteiger partial charge on any atom is -0.273 e. The van der Waals surface area contributed by atoms with E-state index in [4.69, 9.17) is 11.6 Å². The first kappa shape index (κ1) is 13.1. The van der Waals surface area contributed by atoms with Crippen LogP contribution in [0.5, 0.6) is 0 Å². The fraction of sp³-hybridized carbons (Fsp3) is 0.267. The van der Waals surface area contributed by atoms with Gasteiger partial charge in [-0.1, -0.05) is 23.7 Å². The molecule has 0 saturated heterocycles. The zero-order chi connectivity index (χ0) is 14.1.